The smallest absolute Gasteiger partial charge is 0.308 e. The zero-order valence-corrected chi connectivity index (χ0v) is 13.3. The molecule has 21 heavy (non-hydrogen) atoms. The molecule has 116 valence electrons. The van der Waals surface area contributed by atoms with E-state index in [0.717, 1.165) is 17.1 Å². The Morgan fingerprint density at radius 3 is 2.95 bits per heavy atom. The maximum atomic E-state index is 11.4. The quantitative estimate of drug-likeness (QED) is 0.625. The predicted molar refractivity (Wildman–Crippen MR) is 82.4 cm³/mol. The van der Waals surface area contributed by atoms with Crippen molar-refractivity contribution in [1.82, 2.24) is 9.78 Å². The molecule has 2 N–H and O–H groups in total. The molecular formula is C13H20N4O3S. The average molecular weight is 312 g/mol. The normalized spacial score (nSPS) is 18.6. The minimum absolute atomic E-state index is 0.208. The summed E-state index contributed by atoms with van der Waals surface area (Å²) in [6.07, 6.45) is 0.0206. The highest BCUT2D eigenvalue weighted by atomic mass is 32.1. The van der Waals surface area contributed by atoms with E-state index in [2.05, 4.69) is 14.7 Å². The van der Waals surface area contributed by atoms with Crippen LogP contribution in [-0.4, -0.2) is 53.6 Å². The summed E-state index contributed by atoms with van der Waals surface area (Å²) >= 11 is 5.13. The Bertz CT molecular complexity index is 558. The van der Waals surface area contributed by atoms with E-state index in [9.17, 15) is 4.79 Å². The van der Waals surface area contributed by atoms with Crippen LogP contribution >= 0.6 is 12.2 Å². The number of rotatable bonds is 4. The Hall–Kier alpha value is -1.67. The van der Waals surface area contributed by atoms with E-state index in [1.807, 2.05) is 14.0 Å². The van der Waals surface area contributed by atoms with Crippen molar-refractivity contribution in [2.24, 2.45) is 12.8 Å². The van der Waals surface area contributed by atoms with Crippen molar-refractivity contribution in [2.75, 3.05) is 31.7 Å². The van der Waals surface area contributed by atoms with Crippen molar-refractivity contribution in [3.05, 3.63) is 11.3 Å². The molecule has 1 atom stereocenters. The van der Waals surface area contributed by atoms with Gasteiger partial charge in [-0.3, -0.25) is 9.48 Å². The van der Waals surface area contributed by atoms with Crippen LogP contribution in [0.3, 0.4) is 0 Å². The van der Waals surface area contributed by atoms with Gasteiger partial charge in [-0.2, -0.15) is 5.10 Å². The molecule has 0 bridgehead atoms. The summed E-state index contributed by atoms with van der Waals surface area (Å²) in [6.45, 7) is 3.68. The number of ether oxygens (including phenoxy) is 2. The van der Waals surface area contributed by atoms with Gasteiger partial charge in [-0.05, 0) is 6.92 Å². The van der Waals surface area contributed by atoms with Crippen LogP contribution in [-0.2, 0) is 21.3 Å². The van der Waals surface area contributed by atoms with Crippen LogP contribution in [0.25, 0.3) is 0 Å². The Labute approximate surface area is 129 Å². The van der Waals surface area contributed by atoms with Gasteiger partial charge in [-0.15, -0.1) is 0 Å². The standard InChI is InChI=1S/C13H20N4O3S/c1-8-11(12(14)21)13(16(2)15-8)17-4-5-20-9(7-17)6-10(18)19-3/h9H,4-7H2,1-3H3,(H2,14,21). The lowest BCUT2D eigenvalue weighted by Gasteiger charge is -2.34. The lowest BCUT2D eigenvalue weighted by molar-refractivity contribution is -0.144. The summed E-state index contributed by atoms with van der Waals surface area (Å²) in [5.41, 5.74) is 7.40. The largest absolute Gasteiger partial charge is 0.469 e. The third kappa shape index (κ3) is 3.33. The van der Waals surface area contributed by atoms with Crippen molar-refractivity contribution in [3.63, 3.8) is 0 Å². The maximum Gasteiger partial charge on any atom is 0.308 e. The summed E-state index contributed by atoms with van der Waals surface area (Å²) in [5.74, 6) is 0.593. The molecule has 0 radical (unpaired) electrons. The number of nitrogens with two attached hydrogens (primary N) is 1. The van der Waals surface area contributed by atoms with Gasteiger partial charge in [0, 0.05) is 20.1 Å². The van der Waals surface area contributed by atoms with Crippen molar-refractivity contribution >= 4 is 29.0 Å². The first-order valence-corrected chi connectivity index (χ1v) is 7.11. The second-order valence-electron chi connectivity index (χ2n) is 4.99. The number of methoxy groups -OCH3 is 1. The number of nitrogens with zero attached hydrogens (tertiary/aromatic N) is 3. The molecule has 1 aliphatic rings. The third-order valence-electron chi connectivity index (χ3n) is 3.50. The summed E-state index contributed by atoms with van der Waals surface area (Å²) < 4.78 is 12.1. The first kappa shape index (κ1) is 15.7. The SMILES string of the molecule is COC(=O)CC1CN(c2c(C(N)=S)c(C)nn2C)CCO1. The average Bonchev–Trinajstić information content (AvgIpc) is 2.73. The van der Waals surface area contributed by atoms with Crippen LogP contribution < -0.4 is 10.6 Å². The summed E-state index contributed by atoms with van der Waals surface area (Å²) in [4.78, 5) is 13.8. The van der Waals surface area contributed by atoms with Gasteiger partial charge in [0.25, 0.3) is 0 Å². The molecule has 1 fully saturated rings. The number of carbonyl (C=O) groups is 1. The second kappa shape index (κ2) is 6.40. The molecule has 7 nitrogen and oxygen atoms in total. The maximum absolute atomic E-state index is 11.4. The zero-order chi connectivity index (χ0) is 15.6. The van der Waals surface area contributed by atoms with Crippen LogP contribution in [0.15, 0.2) is 0 Å². The number of aryl methyl sites for hydroxylation is 2. The van der Waals surface area contributed by atoms with E-state index in [1.165, 1.54) is 7.11 Å². The number of esters is 1. The lowest BCUT2D eigenvalue weighted by Crippen LogP contribution is -2.44. The fourth-order valence-corrected chi connectivity index (χ4v) is 2.84. The molecule has 2 rings (SSSR count). The van der Waals surface area contributed by atoms with Gasteiger partial charge in [0.2, 0.25) is 0 Å². The predicted octanol–water partition coefficient (Wildman–Crippen LogP) is 0.131. The minimum atomic E-state index is -0.280. The van der Waals surface area contributed by atoms with Crippen molar-refractivity contribution in [1.29, 1.82) is 0 Å². The van der Waals surface area contributed by atoms with E-state index in [1.54, 1.807) is 4.68 Å². The first-order valence-electron chi connectivity index (χ1n) is 6.70. The van der Waals surface area contributed by atoms with E-state index in [-0.39, 0.29) is 18.5 Å². The highest BCUT2D eigenvalue weighted by Gasteiger charge is 2.28. The molecule has 8 heteroatoms. The third-order valence-corrected chi connectivity index (χ3v) is 3.70. The van der Waals surface area contributed by atoms with Gasteiger partial charge >= 0.3 is 5.97 Å². The van der Waals surface area contributed by atoms with Crippen LogP contribution in [0.4, 0.5) is 5.82 Å². The Morgan fingerprint density at radius 2 is 2.33 bits per heavy atom. The molecule has 0 aromatic carbocycles. The van der Waals surface area contributed by atoms with Gasteiger partial charge < -0.3 is 20.1 Å². The number of anilines is 1. The molecular weight excluding hydrogens is 292 g/mol. The number of thiocarbonyl (C=S) groups is 1. The summed E-state index contributed by atoms with van der Waals surface area (Å²) in [6, 6.07) is 0. The highest BCUT2D eigenvalue weighted by molar-refractivity contribution is 7.80. The molecule has 1 unspecified atom stereocenters. The number of morpholine rings is 1. The monoisotopic (exact) mass is 312 g/mol. The Kier molecular flexibility index (Phi) is 4.79. The Morgan fingerprint density at radius 1 is 1.62 bits per heavy atom. The van der Waals surface area contributed by atoms with Gasteiger partial charge in [0.1, 0.15) is 10.8 Å². The molecule has 1 aliphatic heterocycles. The second-order valence-corrected chi connectivity index (χ2v) is 5.43. The summed E-state index contributed by atoms with van der Waals surface area (Å²) in [7, 11) is 3.23. The topological polar surface area (TPSA) is 82.6 Å². The minimum Gasteiger partial charge on any atom is -0.469 e. The van der Waals surface area contributed by atoms with Crippen LogP contribution in [0, 0.1) is 6.92 Å². The molecule has 0 amide bonds. The van der Waals surface area contributed by atoms with E-state index in [4.69, 9.17) is 22.7 Å². The molecule has 1 aromatic rings. The first-order chi connectivity index (χ1) is 9.93. The molecule has 0 spiro atoms. The van der Waals surface area contributed by atoms with E-state index < -0.39 is 0 Å². The lowest BCUT2D eigenvalue weighted by atomic mass is 10.1. The molecule has 2 heterocycles. The molecule has 1 saturated heterocycles. The molecule has 0 aliphatic carbocycles. The van der Waals surface area contributed by atoms with Crippen LogP contribution in [0.2, 0.25) is 0 Å². The van der Waals surface area contributed by atoms with E-state index >= 15 is 0 Å². The molecule has 1 aromatic heterocycles. The summed E-state index contributed by atoms with van der Waals surface area (Å²) in [5, 5.41) is 4.38. The van der Waals surface area contributed by atoms with Gasteiger partial charge in [-0.1, -0.05) is 12.2 Å². The van der Waals surface area contributed by atoms with Gasteiger partial charge in [0.15, 0.2) is 0 Å². The van der Waals surface area contributed by atoms with Gasteiger partial charge in [0.05, 0.1) is 37.5 Å². The number of aromatic nitrogens is 2. The number of hydrogen-bond donors (Lipinski definition) is 1. The number of hydrogen-bond acceptors (Lipinski definition) is 6. The fourth-order valence-electron chi connectivity index (χ4n) is 2.60. The van der Waals surface area contributed by atoms with Crippen molar-refractivity contribution in [3.8, 4) is 0 Å². The van der Waals surface area contributed by atoms with Crippen LogP contribution in [0.1, 0.15) is 17.7 Å². The van der Waals surface area contributed by atoms with E-state index in [0.29, 0.717) is 24.7 Å². The fraction of sp³-hybridized carbons (Fsp3) is 0.615. The number of carbonyl (C=O) groups excluding carboxylic acids is 1. The van der Waals surface area contributed by atoms with Crippen LogP contribution in [0.5, 0.6) is 0 Å². The van der Waals surface area contributed by atoms with Crippen molar-refractivity contribution < 1.29 is 14.3 Å². The molecule has 0 saturated carbocycles. The highest BCUT2D eigenvalue weighted by Crippen LogP contribution is 2.25. The zero-order valence-electron chi connectivity index (χ0n) is 12.5. The Balaban J connectivity index is 2.22. The van der Waals surface area contributed by atoms with Gasteiger partial charge in [-0.25, -0.2) is 0 Å². The van der Waals surface area contributed by atoms with Crippen molar-refractivity contribution in [2.45, 2.75) is 19.4 Å².